The van der Waals surface area contributed by atoms with E-state index in [4.69, 9.17) is 11.1 Å². The molecule has 92 valence electrons. The van der Waals surface area contributed by atoms with E-state index in [0.29, 0.717) is 12.5 Å². The van der Waals surface area contributed by atoms with E-state index in [1.54, 1.807) is 6.55 Å². The molecule has 1 unspecified atom stereocenters. The molecule has 0 heterocycles. The molecule has 0 bridgehead atoms. The van der Waals surface area contributed by atoms with E-state index < -0.39 is 25.9 Å². The molecule has 0 aliphatic rings. The van der Waals surface area contributed by atoms with Gasteiger partial charge in [0.2, 0.25) is 0 Å². The highest BCUT2D eigenvalue weighted by Gasteiger charge is 2.57. The van der Waals surface area contributed by atoms with Gasteiger partial charge in [-0.3, -0.25) is 0 Å². The van der Waals surface area contributed by atoms with Crippen LogP contribution >= 0.6 is 11.1 Å². The first-order valence-electron chi connectivity index (χ1n) is 4.65. The second kappa shape index (κ2) is 4.99. The summed E-state index contributed by atoms with van der Waals surface area (Å²) < 4.78 is 60.5. The number of hydrogen-bond donors (Lipinski definition) is 0. The van der Waals surface area contributed by atoms with Gasteiger partial charge in [0.25, 0.3) is 0 Å². The van der Waals surface area contributed by atoms with Gasteiger partial charge in [-0.05, 0) is 12.1 Å². The summed E-state index contributed by atoms with van der Waals surface area (Å²) in [5.74, 6) is -4.61. The van der Waals surface area contributed by atoms with E-state index in [-0.39, 0.29) is 6.04 Å². The van der Waals surface area contributed by atoms with E-state index in [0.717, 1.165) is 0 Å². The molecule has 0 N–H and O–H groups in total. The smallest absolute Gasteiger partial charge is 0.196 e. The van der Waals surface area contributed by atoms with Crippen LogP contribution in [-0.4, -0.2) is 19.5 Å². The average molecular weight is 269 g/mol. The molecule has 0 saturated carbocycles. The van der Waals surface area contributed by atoms with Crippen LogP contribution in [0.2, 0.25) is 18.6 Å². The van der Waals surface area contributed by atoms with E-state index in [1.165, 1.54) is 0 Å². The molecular weight excluding hydrogens is 255 g/mol. The predicted octanol–water partition coefficient (Wildman–Crippen LogP) is 4.80. The van der Waals surface area contributed by atoms with Crippen LogP contribution in [0.4, 0.5) is 22.0 Å². The van der Waals surface area contributed by atoms with Gasteiger partial charge in [-0.1, -0.05) is 19.9 Å². The zero-order valence-electron chi connectivity index (χ0n) is 8.60. The Labute approximate surface area is 91.5 Å². The van der Waals surface area contributed by atoms with Gasteiger partial charge in [-0.25, -0.2) is 0 Å². The minimum Gasteiger partial charge on any atom is -0.196 e. The Kier molecular flexibility index (Phi) is 5.04. The SMILES string of the molecule is CCC[Si](C)(Cl)CCC(F)(F)C(F)(F)F. The van der Waals surface area contributed by atoms with Gasteiger partial charge in [0.1, 0.15) is 0 Å². The molecule has 1 atom stereocenters. The van der Waals surface area contributed by atoms with Gasteiger partial charge in [-0.2, -0.15) is 33.0 Å². The Morgan fingerprint density at radius 2 is 1.53 bits per heavy atom. The first-order valence-corrected chi connectivity index (χ1v) is 8.58. The Balaban J connectivity index is 4.26. The average Bonchev–Trinajstić information content (AvgIpc) is 1.99. The highest BCUT2D eigenvalue weighted by atomic mass is 35.6. The minimum absolute atomic E-state index is 0.213. The van der Waals surface area contributed by atoms with Crippen LogP contribution in [0.5, 0.6) is 0 Å². The molecule has 0 rings (SSSR count). The second-order valence-corrected chi connectivity index (χ2v) is 10.4. The molecule has 0 aromatic carbocycles. The van der Waals surface area contributed by atoms with Crippen molar-refractivity contribution in [3.63, 3.8) is 0 Å². The molecule has 0 aliphatic heterocycles. The van der Waals surface area contributed by atoms with Crippen LogP contribution < -0.4 is 0 Å². The molecule has 0 fully saturated rings. The summed E-state index contributed by atoms with van der Waals surface area (Å²) in [5.41, 5.74) is 0. The van der Waals surface area contributed by atoms with Crippen LogP contribution in [0, 0.1) is 0 Å². The lowest BCUT2D eigenvalue weighted by Crippen LogP contribution is -2.38. The second-order valence-electron chi connectivity index (χ2n) is 3.87. The van der Waals surface area contributed by atoms with Crippen molar-refractivity contribution in [2.45, 2.75) is 50.5 Å². The van der Waals surface area contributed by atoms with Crippen molar-refractivity contribution in [3.8, 4) is 0 Å². The van der Waals surface area contributed by atoms with E-state index >= 15 is 0 Å². The zero-order chi connectivity index (χ0) is 12.3. The highest BCUT2D eigenvalue weighted by molar-refractivity contribution is 7.19. The third kappa shape index (κ3) is 5.15. The molecule has 0 spiro atoms. The Morgan fingerprint density at radius 3 is 1.87 bits per heavy atom. The number of alkyl halides is 5. The van der Waals surface area contributed by atoms with Crippen molar-refractivity contribution in [3.05, 3.63) is 0 Å². The monoisotopic (exact) mass is 268 g/mol. The maximum absolute atomic E-state index is 12.5. The number of halogens is 6. The minimum atomic E-state index is -5.46. The van der Waals surface area contributed by atoms with E-state index in [1.807, 2.05) is 6.92 Å². The topological polar surface area (TPSA) is 0 Å². The molecule has 0 aromatic heterocycles. The third-order valence-corrected chi connectivity index (χ3v) is 6.12. The summed E-state index contributed by atoms with van der Waals surface area (Å²) >= 11 is 5.93. The van der Waals surface area contributed by atoms with Gasteiger partial charge >= 0.3 is 12.1 Å². The summed E-state index contributed by atoms with van der Waals surface area (Å²) in [6.07, 6.45) is -5.94. The lowest BCUT2D eigenvalue weighted by molar-refractivity contribution is -0.282. The van der Waals surface area contributed by atoms with Crippen LogP contribution in [0.1, 0.15) is 19.8 Å². The molecule has 0 aromatic rings. The first-order chi connectivity index (χ1) is 6.52. The van der Waals surface area contributed by atoms with Crippen molar-refractivity contribution in [2.24, 2.45) is 0 Å². The third-order valence-electron chi connectivity index (χ3n) is 2.15. The van der Waals surface area contributed by atoms with Gasteiger partial charge in [0.05, 0.1) is 0 Å². The molecule has 15 heavy (non-hydrogen) atoms. The van der Waals surface area contributed by atoms with Crippen molar-refractivity contribution >= 4 is 18.5 Å². The molecule has 0 radical (unpaired) electrons. The van der Waals surface area contributed by atoms with E-state index in [2.05, 4.69) is 0 Å². The number of hydrogen-bond acceptors (Lipinski definition) is 0. The van der Waals surface area contributed by atoms with Crippen molar-refractivity contribution in [1.82, 2.24) is 0 Å². The quantitative estimate of drug-likeness (QED) is 0.382. The van der Waals surface area contributed by atoms with E-state index in [9.17, 15) is 22.0 Å². The highest BCUT2D eigenvalue weighted by Crippen LogP contribution is 2.41. The van der Waals surface area contributed by atoms with Crippen molar-refractivity contribution in [2.75, 3.05) is 0 Å². The Hall–Kier alpha value is 0.157. The fourth-order valence-corrected chi connectivity index (χ4v) is 4.18. The first kappa shape index (κ1) is 15.2. The molecular formula is C8H14ClF5Si. The van der Waals surface area contributed by atoms with Crippen LogP contribution in [0.3, 0.4) is 0 Å². The Morgan fingerprint density at radius 1 is 1.07 bits per heavy atom. The normalized spacial score (nSPS) is 17.6. The molecule has 0 amide bonds. The molecule has 0 aliphatic carbocycles. The summed E-state index contributed by atoms with van der Waals surface area (Å²) in [6.45, 7) is 3.44. The predicted molar refractivity (Wildman–Crippen MR) is 53.0 cm³/mol. The van der Waals surface area contributed by atoms with Crippen LogP contribution in [0.15, 0.2) is 0 Å². The summed E-state index contributed by atoms with van der Waals surface area (Å²) in [7, 11) is -2.40. The lowest BCUT2D eigenvalue weighted by Gasteiger charge is -2.24. The van der Waals surface area contributed by atoms with Crippen LogP contribution in [0.25, 0.3) is 0 Å². The van der Waals surface area contributed by atoms with Crippen molar-refractivity contribution in [1.29, 1.82) is 0 Å². The van der Waals surface area contributed by atoms with Crippen molar-refractivity contribution < 1.29 is 22.0 Å². The maximum Gasteiger partial charge on any atom is 0.453 e. The summed E-state index contributed by atoms with van der Waals surface area (Å²) in [6, 6.07) is 0.345. The lowest BCUT2D eigenvalue weighted by atomic mass is 10.2. The summed E-state index contributed by atoms with van der Waals surface area (Å²) in [4.78, 5) is 0. The van der Waals surface area contributed by atoms with Gasteiger partial charge in [0.15, 0.2) is 7.38 Å². The largest absolute Gasteiger partial charge is 0.453 e. The Bertz CT molecular complexity index is 202. The van der Waals surface area contributed by atoms with Gasteiger partial charge in [0, 0.05) is 6.42 Å². The fraction of sp³-hybridized carbons (Fsp3) is 1.00. The molecule has 7 heteroatoms. The van der Waals surface area contributed by atoms with Gasteiger partial charge < -0.3 is 0 Å². The summed E-state index contributed by atoms with van der Waals surface area (Å²) in [5, 5.41) is 0. The molecule has 0 nitrogen and oxygen atoms in total. The fourth-order valence-electron chi connectivity index (χ4n) is 1.21. The standard InChI is InChI=1S/C8H14ClF5Si/c1-3-5-15(2,9)6-4-7(10,11)8(12,13)14/h3-6H2,1-2H3. The van der Waals surface area contributed by atoms with Crippen LogP contribution in [-0.2, 0) is 0 Å². The maximum atomic E-state index is 12.5. The van der Waals surface area contributed by atoms with Gasteiger partial charge in [-0.15, -0.1) is 0 Å². The molecule has 0 saturated heterocycles. The number of rotatable bonds is 5. The zero-order valence-corrected chi connectivity index (χ0v) is 10.4.